The van der Waals surface area contributed by atoms with Gasteiger partial charge in [0.15, 0.2) is 11.4 Å². The highest BCUT2D eigenvalue weighted by Gasteiger charge is 2.09. The SMILES string of the molecule is Cc1[nH+]c(C)c(C)c(C)c1C. The number of aryl methyl sites for hydroxylation is 2. The van der Waals surface area contributed by atoms with Gasteiger partial charge in [-0.05, 0) is 26.3 Å². The fourth-order valence-corrected chi connectivity index (χ4v) is 1.31. The maximum absolute atomic E-state index is 3.35. The number of aromatic nitrogens is 1. The first-order chi connectivity index (χ1) is 5.04. The van der Waals surface area contributed by atoms with Crippen molar-refractivity contribution in [3.8, 4) is 0 Å². The molecule has 0 spiro atoms. The number of aromatic amines is 1. The molecule has 0 fully saturated rings. The van der Waals surface area contributed by atoms with Gasteiger partial charge in [0, 0.05) is 25.0 Å². The minimum absolute atomic E-state index is 1.28. The van der Waals surface area contributed by atoms with E-state index in [-0.39, 0.29) is 0 Å². The maximum Gasteiger partial charge on any atom is 0.179 e. The molecule has 0 radical (unpaired) electrons. The van der Waals surface area contributed by atoms with Gasteiger partial charge >= 0.3 is 0 Å². The Morgan fingerprint density at radius 3 is 1.36 bits per heavy atom. The van der Waals surface area contributed by atoms with Crippen molar-refractivity contribution in [2.24, 2.45) is 0 Å². The summed E-state index contributed by atoms with van der Waals surface area (Å²) in [6.45, 7) is 10.7. The molecule has 1 N–H and O–H groups in total. The molecule has 11 heavy (non-hydrogen) atoms. The highest BCUT2D eigenvalue weighted by atomic mass is 14.7. The van der Waals surface area contributed by atoms with Crippen LogP contribution < -0.4 is 4.98 Å². The molecule has 1 heterocycles. The Balaban J connectivity index is 3.46. The van der Waals surface area contributed by atoms with Crippen LogP contribution in [0.5, 0.6) is 0 Å². The summed E-state index contributed by atoms with van der Waals surface area (Å²) in [7, 11) is 0. The number of hydrogen-bond acceptors (Lipinski definition) is 0. The van der Waals surface area contributed by atoms with Crippen LogP contribution in [-0.2, 0) is 0 Å². The Hall–Kier alpha value is -0.850. The van der Waals surface area contributed by atoms with Crippen LogP contribution in [0.15, 0.2) is 0 Å². The second-order valence-corrected chi connectivity index (χ2v) is 3.25. The van der Waals surface area contributed by atoms with Gasteiger partial charge in [-0.3, -0.25) is 0 Å². The maximum atomic E-state index is 3.35. The lowest BCUT2D eigenvalue weighted by molar-refractivity contribution is -0.398. The third kappa shape index (κ3) is 1.28. The van der Waals surface area contributed by atoms with Crippen molar-refractivity contribution in [1.82, 2.24) is 0 Å². The molecule has 1 nitrogen and oxygen atoms in total. The zero-order chi connectivity index (χ0) is 8.59. The van der Waals surface area contributed by atoms with Crippen LogP contribution in [0.25, 0.3) is 0 Å². The molecular weight excluding hydrogens is 134 g/mol. The average Bonchev–Trinajstić information content (AvgIpc) is 1.97. The highest BCUT2D eigenvalue weighted by Crippen LogP contribution is 2.13. The van der Waals surface area contributed by atoms with Gasteiger partial charge in [-0.25, -0.2) is 4.98 Å². The lowest BCUT2D eigenvalue weighted by atomic mass is 10.0. The van der Waals surface area contributed by atoms with E-state index in [1.165, 1.54) is 28.1 Å². The molecule has 0 aromatic carbocycles. The summed E-state index contributed by atoms with van der Waals surface area (Å²) in [5, 5.41) is 0. The molecule has 1 rings (SSSR count). The molecule has 0 atom stereocenters. The summed E-state index contributed by atoms with van der Waals surface area (Å²) in [5.41, 5.74) is 6.75. The van der Waals surface area contributed by atoms with E-state index in [4.69, 9.17) is 0 Å². The van der Waals surface area contributed by atoms with E-state index in [9.17, 15) is 0 Å². The van der Waals surface area contributed by atoms with Gasteiger partial charge in [-0.1, -0.05) is 0 Å². The largest absolute Gasteiger partial charge is 0.213 e. The van der Waals surface area contributed by atoms with E-state index in [2.05, 4.69) is 39.6 Å². The Bertz CT molecular complexity index is 261. The van der Waals surface area contributed by atoms with Gasteiger partial charge in [0.05, 0.1) is 0 Å². The number of rotatable bonds is 0. The summed E-state index contributed by atoms with van der Waals surface area (Å²) in [6.07, 6.45) is 0. The second kappa shape index (κ2) is 2.65. The Labute approximate surface area is 68.5 Å². The van der Waals surface area contributed by atoms with Crippen LogP contribution in [0, 0.1) is 34.6 Å². The fraction of sp³-hybridized carbons (Fsp3) is 0.500. The van der Waals surface area contributed by atoms with Gasteiger partial charge in [0.1, 0.15) is 0 Å². The first-order valence-corrected chi connectivity index (χ1v) is 4.00. The Morgan fingerprint density at radius 2 is 1.00 bits per heavy atom. The molecular formula is C10H16N+. The minimum atomic E-state index is 1.28. The predicted octanol–water partition coefficient (Wildman–Crippen LogP) is 2.04. The summed E-state index contributed by atoms with van der Waals surface area (Å²) in [5.74, 6) is 0. The van der Waals surface area contributed by atoms with Crippen molar-refractivity contribution in [1.29, 1.82) is 0 Å². The van der Waals surface area contributed by atoms with Gasteiger partial charge in [0.25, 0.3) is 0 Å². The van der Waals surface area contributed by atoms with E-state index >= 15 is 0 Å². The van der Waals surface area contributed by atoms with Gasteiger partial charge in [0.2, 0.25) is 0 Å². The molecule has 0 unspecified atom stereocenters. The molecule has 0 aliphatic heterocycles. The Kier molecular flexibility index (Phi) is 1.99. The van der Waals surface area contributed by atoms with Crippen molar-refractivity contribution in [2.75, 3.05) is 0 Å². The first-order valence-electron chi connectivity index (χ1n) is 4.00. The fourth-order valence-electron chi connectivity index (χ4n) is 1.31. The molecule has 60 valence electrons. The van der Waals surface area contributed by atoms with Crippen LogP contribution in [0.4, 0.5) is 0 Å². The van der Waals surface area contributed by atoms with Gasteiger partial charge in [-0.15, -0.1) is 0 Å². The van der Waals surface area contributed by atoms with Crippen LogP contribution in [0.3, 0.4) is 0 Å². The van der Waals surface area contributed by atoms with Crippen molar-refractivity contribution >= 4 is 0 Å². The van der Waals surface area contributed by atoms with Gasteiger partial charge < -0.3 is 0 Å². The highest BCUT2D eigenvalue weighted by molar-refractivity contribution is 5.33. The monoisotopic (exact) mass is 150 g/mol. The Morgan fingerprint density at radius 1 is 0.636 bits per heavy atom. The molecule has 0 saturated heterocycles. The second-order valence-electron chi connectivity index (χ2n) is 3.25. The molecule has 1 aromatic heterocycles. The zero-order valence-electron chi connectivity index (χ0n) is 8.00. The lowest BCUT2D eigenvalue weighted by Crippen LogP contribution is -2.16. The van der Waals surface area contributed by atoms with Crippen LogP contribution in [-0.4, -0.2) is 0 Å². The number of H-pyrrole nitrogens is 1. The lowest BCUT2D eigenvalue weighted by Gasteiger charge is -2.03. The van der Waals surface area contributed by atoms with Crippen LogP contribution in [0.1, 0.15) is 28.1 Å². The quantitative estimate of drug-likeness (QED) is 0.537. The predicted molar refractivity (Wildman–Crippen MR) is 46.7 cm³/mol. The molecule has 0 amide bonds. The topological polar surface area (TPSA) is 14.1 Å². The average molecular weight is 150 g/mol. The van der Waals surface area contributed by atoms with Crippen molar-refractivity contribution < 1.29 is 4.98 Å². The van der Waals surface area contributed by atoms with Crippen molar-refractivity contribution in [2.45, 2.75) is 34.6 Å². The molecule has 0 aliphatic rings. The standard InChI is InChI=1S/C10H15N/c1-6-7(2)9(4)11-10(5)8(6)3/h1-5H3/p+1. The summed E-state index contributed by atoms with van der Waals surface area (Å²) < 4.78 is 0. The van der Waals surface area contributed by atoms with Crippen LogP contribution in [0.2, 0.25) is 0 Å². The first kappa shape index (κ1) is 8.25. The normalized spacial score (nSPS) is 10.3. The number of hydrogen-bond donors (Lipinski definition) is 0. The smallest absolute Gasteiger partial charge is 0.179 e. The van der Waals surface area contributed by atoms with Gasteiger partial charge in [-0.2, -0.15) is 0 Å². The van der Waals surface area contributed by atoms with E-state index in [0.717, 1.165) is 0 Å². The van der Waals surface area contributed by atoms with E-state index in [0.29, 0.717) is 0 Å². The third-order valence-electron chi connectivity index (χ3n) is 2.62. The van der Waals surface area contributed by atoms with Crippen molar-refractivity contribution in [3.63, 3.8) is 0 Å². The molecule has 1 heteroatoms. The molecule has 0 bridgehead atoms. The molecule has 0 saturated carbocycles. The van der Waals surface area contributed by atoms with Crippen molar-refractivity contribution in [3.05, 3.63) is 28.1 Å². The van der Waals surface area contributed by atoms with E-state index < -0.39 is 0 Å². The van der Waals surface area contributed by atoms with E-state index in [1.54, 1.807) is 0 Å². The van der Waals surface area contributed by atoms with Crippen LogP contribution >= 0.6 is 0 Å². The number of pyridine rings is 1. The minimum Gasteiger partial charge on any atom is -0.213 e. The summed E-state index contributed by atoms with van der Waals surface area (Å²) >= 11 is 0. The summed E-state index contributed by atoms with van der Waals surface area (Å²) in [4.78, 5) is 3.35. The van der Waals surface area contributed by atoms with E-state index in [1.807, 2.05) is 0 Å². The molecule has 1 aromatic rings. The molecule has 0 aliphatic carbocycles. The zero-order valence-corrected chi connectivity index (χ0v) is 8.00. The third-order valence-corrected chi connectivity index (χ3v) is 2.62. The summed E-state index contributed by atoms with van der Waals surface area (Å²) in [6, 6.07) is 0. The number of nitrogens with one attached hydrogen (secondary N) is 1.